The monoisotopic (exact) mass is 632 g/mol. The number of rotatable bonds is 12. The van der Waals surface area contributed by atoms with Gasteiger partial charge in [0.25, 0.3) is 5.91 Å². The van der Waals surface area contributed by atoms with Gasteiger partial charge < -0.3 is 30.3 Å². The Hall–Kier alpha value is -4.71. The van der Waals surface area contributed by atoms with Gasteiger partial charge in [-0.25, -0.2) is 4.79 Å². The second-order valence-corrected chi connectivity index (χ2v) is 12.8. The summed E-state index contributed by atoms with van der Waals surface area (Å²) in [5.74, 6) is -1.24. The summed E-state index contributed by atoms with van der Waals surface area (Å²) in [6.07, 6.45) is 4.20. The third kappa shape index (κ3) is 9.64. The number of ether oxygens (including phenoxy) is 2. The number of nitrogens with zero attached hydrogens (tertiary/aromatic N) is 3. The van der Waals surface area contributed by atoms with E-state index in [0.29, 0.717) is 18.8 Å². The molecule has 0 aliphatic carbocycles. The van der Waals surface area contributed by atoms with Crippen LogP contribution in [0.15, 0.2) is 73.1 Å². The molecule has 0 radical (unpaired) electrons. The quantitative estimate of drug-likeness (QED) is 0.273. The van der Waals surface area contributed by atoms with Gasteiger partial charge in [-0.1, -0.05) is 60.7 Å². The first-order chi connectivity index (χ1) is 21.8. The van der Waals surface area contributed by atoms with Gasteiger partial charge >= 0.3 is 6.09 Å². The first-order valence-electron chi connectivity index (χ1n) is 15.4. The second kappa shape index (κ2) is 15.0. The van der Waals surface area contributed by atoms with E-state index in [2.05, 4.69) is 21.0 Å². The van der Waals surface area contributed by atoms with Crippen LogP contribution in [0.25, 0.3) is 0 Å². The summed E-state index contributed by atoms with van der Waals surface area (Å²) in [6, 6.07) is 17.0. The standard InChI is InChI=1S/C34H44N6O6/c1-33(2,3)46-32(44)38-34(4,5)31(43)37-27(23-45-22-24-14-8-6-9-15-24)29(41)36-26-20-35-40(21-26)28(25-16-10-7-11-17-25)30(42)39-18-12-13-19-39/h6-11,14-17,20-21,27-28H,12-13,18-19,22-23H2,1-5H3,(H,36,41)(H,37,43)(H,38,44)/t27-,28?/m1/s1. The third-order valence-corrected chi connectivity index (χ3v) is 7.30. The number of anilines is 1. The van der Waals surface area contributed by atoms with Crippen molar-refractivity contribution in [2.75, 3.05) is 25.0 Å². The highest BCUT2D eigenvalue weighted by Crippen LogP contribution is 2.24. The molecule has 3 N–H and O–H groups in total. The van der Waals surface area contributed by atoms with Gasteiger partial charge in [-0.15, -0.1) is 0 Å². The van der Waals surface area contributed by atoms with Gasteiger partial charge in [0.1, 0.15) is 17.2 Å². The van der Waals surface area contributed by atoms with Gasteiger partial charge in [0, 0.05) is 19.3 Å². The Morgan fingerprint density at radius 1 is 0.913 bits per heavy atom. The van der Waals surface area contributed by atoms with Gasteiger partial charge in [0.2, 0.25) is 11.8 Å². The molecule has 12 heteroatoms. The van der Waals surface area contributed by atoms with E-state index < -0.39 is 41.1 Å². The van der Waals surface area contributed by atoms with Crippen molar-refractivity contribution in [3.63, 3.8) is 0 Å². The lowest BCUT2D eigenvalue weighted by Crippen LogP contribution is -2.59. The van der Waals surface area contributed by atoms with E-state index in [1.54, 1.807) is 31.6 Å². The smallest absolute Gasteiger partial charge is 0.408 e. The molecular formula is C34H44N6O6. The van der Waals surface area contributed by atoms with E-state index in [9.17, 15) is 19.2 Å². The Balaban J connectivity index is 1.49. The molecule has 2 atom stereocenters. The predicted octanol–water partition coefficient (Wildman–Crippen LogP) is 4.04. The van der Waals surface area contributed by atoms with Crippen LogP contribution in [0.1, 0.15) is 64.6 Å². The van der Waals surface area contributed by atoms with Crippen LogP contribution in [0.5, 0.6) is 0 Å². The molecule has 2 aromatic carbocycles. The van der Waals surface area contributed by atoms with Crippen LogP contribution in [0, 0.1) is 0 Å². The first kappa shape index (κ1) is 34.2. The van der Waals surface area contributed by atoms with Gasteiger partial charge in [-0.3, -0.25) is 19.1 Å². The van der Waals surface area contributed by atoms with Crippen molar-refractivity contribution in [1.29, 1.82) is 0 Å². The number of aromatic nitrogens is 2. The van der Waals surface area contributed by atoms with Crippen molar-refractivity contribution in [1.82, 2.24) is 25.3 Å². The normalized spacial score (nSPS) is 14.7. The van der Waals surface area contributed by atoms with Crippen LogP contribution >= 0.6 is 0 Å². The first-order valence-corrected chi connectivity index (χ1v) is 15.4. The highest BCUT2D eigenvalue weighted by atomic mass is 16.6. The molecular weight excluding hydrogens is 588 g/mol. The lowest BCUT2D eigenvalue weighted by atomic mass is 10.0. The Kier molecular flexibility index (Phi) is 11.2. The number of amides is 4. The minimum Gasteiger partial charge on any atom is -0.444 e. The summed E-state index contributed by atoms with van der Waals surface area (Å²) >= 11 is 0. The fraction of sp³-hybridized carbons (Fsp3) is 0.441. The van der Waals surface area contributed by atoms with Gasteiger partial charge in [-0.2, -0.15) is 5.10 Å². The van der Waals surface area contributed by atoms with Crippen LogP contribution < -0.4 is 16.0 Å². The zero-order chi connectivity index (χ0) is 33.3. The molecule has 0 saturated carbocycles. The van der Waals surface area contributed by atoms with Gasteiger partial charge in [-0.05, 0) is 58.6 Å². The average molecular weight is 633 g/mol. The van der Waals surface area contributed by atoms with Crippen LogP contribution in [-0.2, 0) is 30.5 Å². The average Bonchev–Trinajstić information content (AvgIpc) is 3.69. The summed E-state index contributed by atoms with van der Waals surface area (Å²) < 4.78 is 12.7. The summed E-state index contributed by atoms with van der Waals surface area (Å²) in [7, 11) is 0. The molecule has 1 saturated heterocycles. The van der Waals surface area contributed by atoms with E-state index >= 15 is 0 Å². The summed E-state index contributed by atoms with van der Waals surface area (Å²) in [5.41, 5.74) is -0.152. The number of likely N-dealkylation sites (tertiary alicyclic amines) is 1. The lowest BCUT2D eigenvalue weighted by Gasteiger charge is -2.29. The number of benzene rings is 2. The molecule has 246 valence electrons. The van der Waals surface area contributed by atoms with Crippen molar-refractivity contribution in [3.05, 3.63) is 84.2 Å². The molecule has 1 aromatic heterocycles. The number of carbonyl (C=O) groups excluding carboxylic acids is 4. The zero-order valence-electron chi connectivity index (χ0n) is 27.1. The molecule has 0 spiro atoms. The molecule has 0 bridgehead atoms. The van der Waals surface area contributed by atoms with Crippen molar-refractivity contribution < 1.29 is 28.7 Å². The van der Waals surface area contributed by atoms with Crippen molar-refractivity contribution in [2.24, 2.45) is 0 Å². The molecule has 1 aliphatic rings. The third-order valence-electron chi connectivity index (χ3n) is 7.30. The Morgan fingerprint density at radius 2 is 1.54 bits per heavy atom. The topological polar surface area (TPSA) is 144 Å². The maximum Gasteiger partial charge on any atom is 0.408 e. The van der Waals surface area contributed by atoms with Crippen molar-refractivity contribution >= 4 is 29.5 Å². The number of alkyl carbamates (subject to hydrolysis) is 1. The van der Waals surface area contributed by atoms with Crippen LogP contribution in [0.2, 0.25) is 0 Å². The number of nitrogens with one attached hydrogen (secondary N) is 3. The van der Waals surface area contributed by atoms with Crippen LogP contribution in [0.3, 0.4) is 0 Å². The minimum absolute atomic E-state index is 0.0659. The number of hydrogen-bond donors (Lipinski definition) is 3. The Labute approximate surface area is 269 Å². The molecule has 12 nitrogen and oxygen atoms in total. The maximum atomic E-state index is 13.6. The molecule has 4 amide bonds. The molecule has 3 aromatic rings. The van der Waals surface area contributed by atoms with Crippen molar-refractivity contribution in [3.8, 4) is 0 Å². The fourth-order valence-electron chi connectivity index (χ4n) is 4.93. The van der Waals surface area contributed by atoms with E-state index in [1.165, 1.54) is 20.0 Å². The number of carbonyl (C=O) groups is 4. The zero-order valence-corrected chi connectivity index (χ0v) is 27.1. The number of hydrogen-bond acceptors (Lipinski definition) is 7. The molecule has 46 heavy (non-hydrogen) atoms. The van der Waals surface area contributed by atoms with E-state index in [4.69, 9.17) is 9.47 Å². The predicted molar refractivity (Wildman–Crippen MR) is 173 cm³/mol. The van der Waals surface area contributed by atoms with Gasteiger partial charge in [0.15, 0.2) is 6.04 Å². The second-order valence-electron chi connectivity index (χ2n) is 12.8. The fourth-order valence-corrected chi connectivity index (χ4v) is 4.93. The highest BCUT2D eigenvalue weighted by Gasteiger charge is 2.35. The summed E-state index contributed by atoms with van der Waals surface area (Å²) in [4.78, 5) is 54.7. The highest BCUT2D eigenvalue weighted by molar-refractivity contribution is 5.99. The summed E-state index contributed by atoms with van der Waals surface area (Å²) in [5, 5.41) is 12.5. The molecule has 2 heterocycles. The van der Waals surface area contributed by atoms with E-state index in [0.717, 1.165) is 24.0 Å². The Bertz CT molecular complexity index is 1480. The molecule has 1 aliphatic heterocycles. The van der Waals surface area contributed by atoms with E-state index in [-0.39, 0.29) is 19.1 Å². The van der Waals surface area contributed by atoms with Crippen LogP contribution in [-0.4, -0.2) is 75.4 Å². The Morgan fingerprint density at radius 3 is 2.17 bits per heavy atom. The van der Waals surface area contributed by atoms with E-state index in [1.807, 2.05) is 65.6 Å². The largest absolute Gasteiger partial charge is 0.444 e. The molecule has 1 fully saturated rings. The molecule has 1 unspecified atom stereocenters. The van der Waals surface area contributed by atoms with Gasteiger partial charge in [0.05, 0.1) is 25.1 Å². The maximum absolute atomic E-state index is 13.6. The van der Waals surface area contributed by atoms with Crippen LogP contribution in [0.4, 0.5) is 10.5 Å². The lowest BCUT2D eigenvalue weighted by molar-refractivity contribution is -0.132. The SMILES string of the molecule is CC(C)(C)OC(=O)NC(C)(C)C(=O)N[C@H](COCc1ccccc1)C(=O)Nc1cnn(C(C(=O)N2CCCC2)c2ccccc2)c1. The van der Waals surface area contributed by atoms with Crippen molar-refractivity contribution in [2.45, 2.75) is 77.3 Å². The summed E-state index contributed by atoms with van der Waals surface area (Å²) in [6.45, 7) is 9.63. The minimum atomic E-state index is -1.41. The molecule has 4 rings (SSSR count).